The number of rotatable bonds is 8. The van der Waals surface area contributed by atoms with Crippen LogP contribution in [0, 0.1) is 0 Å². The van der Waals surface area contributed by atoms with Crippen LogP contribution in [0.15, 0.2) is 35.8 Å². The molecule has 1 amide bonds. The van der Waals surface area contributed by atoms with Crippen LogP contribution in [0.1, 0.15) is 32.1 Å². The van der Waals surface area contributed by atoms with Crippen molar-refractivity contribution in [3.05, 3.63) is 35.8 Å². The molecule has 2 rings (SSSR count). The standard InChI is InChI=1S/C16H21N3OS/c17-9-4-2-1-3-8-15(20)19-14-7-5-6-13(12-14)16-18-10-11-21-16/h5-7,10-12H,1-4,8-9,17H2,(H,19,20). The lowest BCUT2D eigenvalue weighted by Crippen LogP contribution is -2.11. The molecule has 112 valence electrons. The third-order valence-corrected chi connectivity index (χ3v) is 4.01. The van der Waals surface area contributed by atoms with Gasteiger partial charge in [0.25, 0.3) is 0 Å². The highest BCUT2D eigenvalue weighted by molar-refractivity contribution is 7.13. The SMILES string of the molecule is NCCCCCCC(=O)Nc1cccc(-c2nccs2)c1. The number of aromatic nitrogens is 1. The predicted octanol–water partition coefficient (Wildman–Crippen LogP) is 3.66. The second-order valence-electron chi connectivity index (χ2n) is 4.92. The molecule has 4 nitrogen and oxygen atoms in total. The summed E-state index contributed by atoms with van der Waals surface area (Å²) >= 11 is 1.59. The van der Waals surface area contributed by atoms with Gasteiger partial charge in [0.2, 0.25) is 5.91 Å². The summed E-state index contributed by atoms with van der Waals surface area (Å²) in [4.78, 5) is 16.2. The van der Waals surface area contributed by atoms with Crippen LogP contribution in [-0.4, -0.2) is 17.4 Å². The fourth-order valence-corrected chi connectivity index (χ4v) is 2.74. The zero-order valence-electron chi connectivity index (χ0n) is 12.0. The number of carbonyl (C=O) groups excluding carboxylic acids is 1. The van der Waals surface area contributed by atoms with Gasteiger partial charge >= 0.3 is 0 Å². The molecule has 0 unspecified atom stereocenters. The summed E-state index contributed by atoms with van der Waals surface area (Å²) < 4.78 is 0. The molecule has 0 aliphatic rings. The molecule has 0 spiro atoms. The van der Waals surface area contributed by atoms with Gasteiger partial charge in [0.15, 0.2) is 0 Å². The summed E-state index contributed by atoms with van der Waals surface area (Å²) in [7, 11) is 0. The highest BCUT2D eigenvalue weighted by Gasteiger charge is 2.05. The summed E-state index contributed by atoms with van der Waals surface area (Å²) in [6, 6.07) is 7.81. The largest absolute Gasteiger partial charge is 0.330 e. The molecule has 5 heteroatoms. The maximum atomic E-state index is 11.9. The van der Waals surface area contributed by atoms with Crippen molar-refractivity contribution in [1.82, 2.24) is 4.98 Å². The number of unbranched alkanes of at least 4 members (excludes halogenated alkanes) is 3. The lowest BCUT2D eigenvalue weighted by molar-refractivity contribution is -0.116. The molecule has 0 aliphatic heterocycles. The highest BCUT2D eigenvalue weighted by Crippen LogP contribution is 2.24. The first-order chi connectivity index (χ1) is 10.3. The van der Waals surface area contributed by atoms with Gasteiger partial charge in [0.1, 0.15) is 5.01 Å². The molecule has 2 aromatic rings. The van der Waals surface area contributed by atoms with Crippen LogP contribution >= 0.6 is 11.3 Å². The van der Waals surface area contributed by atoms with E-state index < -0.39 is 0 Å². The van der Waals surface area contributed by atoms with Crippen LogP contribution in [-0.2, 0) is 4.79 Å². The molecule has 1 heterocycles. The lowest BCUT2D eigenvalue weighted by Gasteiger charge is -2.06. The molecule has 0 bridgehead atoms. The third kappa shape index (κ3) is 5.28. The Kier molecular flexibility index (Phi) is 6.37. The third-order valence-electron chi connectivity index (χ3n) is 3.18. The van der Waals surface area contributed by atoms with Crippen LogP contribution in [0.3, 0.4) is 0 Å². The van der Waals surface area contributed by atoms with Gasteiger partial charge in [0, 0.05) is 29.2 Å². The van der Waals surface area contributed by atoms with E-state index >= 15 is 0 Å². The second kappa shape index (κ2) is 8.54. The van der Waals surface area contributed by atoms with E-state index in [1.54, 1.807) is 17.5 Å². The zero-order valence-corrected chi connectivity index (χ0v) is 12.9. The Morgan fingerprint density at radius 3 is 2.86 bits per heavy atom. The smallest absolute Gasteiger partial charge is 0.224 e. The van der Waals surface area contributed by atoms with E-state index in [1.165, 1.54) is 0 Å². The average molecular weight is 303 g/mol. The number of benzene rings is 1. The van der Waals surface area contributed by atoms with Gasteiger partial charge in [-0.15, -0.1) is 11.3 Å². The van der Waals surface area contributed by atoms with E-state index in [-0.39, 0.29) is 5.91 Å². The number of carbonyl (C=O) groups is 1. The van der Waals surface area contributed by atoms with E-state index in [9.17, 15) is 4.79 Å². The van der Waals surface area contributed by atoms with Gasteiger partial charge in [-0.1, -0.05) is 25.0 Å². The quantitative estimate of drug-likeness (QED) is 0.731. The number of nitrogens with one attached hydrogen (secondary N) is 1. The fraction of sp³-hybridized carbons (Fsp3) is 0.375. The highest BCUT2D eigenvalue weighted by atomic mass is 32.1. The minimum Gasteiger partial charge on any atom is -0.330 e. The van der Waals surface area contributed by atoms with Gasteiger partial charge in [-0.2, -0.15) is 0 Å². The van der Waals surface area contributed by atoms with E-state index in [0.717, 1.165) is 48.5 Å². The van der Waals surface area contributed by atoms with E-state index in [0.29, 0.717) is 6.42 Å². The Labute approximate surface area is 129 Å². The van der Waals surface area contributed by atoms with Crippen molar-refractivity contribution in [2.24, 2.45) is 5.73 Å². The Morgan fingerprint density at radius 1 is 1.24 bits per heavy atom. The molecule has 3 N–H and O–H groups in total. The Morgan fingerprint density at radius 2 is 2.10 bits per heavy atom. The molecule has 1 aromatic carbocycles. The molecule has 0 radical (unpaired) electrons. The molecular formula is C16H21N3OS. The average Bonchev–Trinajstić information content (AvgIpc) is 3.01. The first kappa shape index (κ1) is 15.7. The van der Waals surface area contributed by atoms with Crippen LogP contribution in [0.2, 0.25) is 0 Å². The minimum atomic E-state index is 0.0686. The van der Waals surface area contributed by atoms with Crippen molar-refractivity contribution in [3.63, 3.8) is 0 Å². The van der Waals surface area contributed by atoms with Gasteiger partial charge < -0.3 is 11.1 Å². The predicted molar refractivity (Wildman–Crippen MR) is 88.3 cm³/mol. The van der Waals surface area contributed by atoms with Gasteiger partial charge in [-0.05, 0) is 31.5 Å². The monoisotopic (exact) mass is 303 g/mol. The molecule has 0 atom stereocenters. The molecular weight excluding hydrogens is 282 g/mol. The Hall–Kier alpha value is -1.72. The maximum absolute atomic E-state index is 11.9. The normalized spacial score (nSPS) is 10.5. The molecule has 0 fully saturated rings. The maximum Gasteiger partial charge on any atom is 0.224 e. The molecule has 21 heavy (non-hydrogen) atoms. The Bertz CT molecular complexity index is 554. The zero-order chi connectivity index (χ0) is 14.9. The number of nitrogens with zero attached hydrogens (tertiary/aromatic N) is 1. The molecule has 1 aromatic heterocycles. The summed E-state index contributed by atoms with van der Waals surface area (Å²) in [6.07, 6.45) is 6.46. The van der Waals surface area contributed by atoms with Crippen molar-refractivity contribution < 1.29 is 4.79 Å². The Balaban J connectivity index is 1.82. The van der Waals surface area contributed by atoms with E-state index in [4.69, 9.17) is 5.73 Å². The molecule has 0 saturated carbocycles. The summed E-state index contributed by atoms with van der Waals surface area (Å²) in [5.41, 5.74) is 7.30. The van der Waals surface area contributed by atoms with Gasteiger partial charge in [-0.25, -0.2) is 4.98 Å². The summed E-state index contributed by atoms with van der Waals surface area (Å²) in [5, 5.41) is 5.86. The van der Waals surface area contributed by atoms with Gasteiger partial charge in [-0.3, -0.25) is 4.79 Å². The van der Waals surface area contributed by atoms with Crippen molar-refractivity contribution in [1.29, 1.82) is 0 Å². The molecule has 0 aliphatic carbocycles. The topological polar surface area (TPSA) is 68.0 Å². The van der Waals surface area contributed by atoms with Crippen molar-refractivity contribution >= 4 is 22.9 Å². The number of amides is 1. The number of hydrogen-bond donors (Lipinski definition) is 2. The minimum absolute atomic E-state index is 0.0686. The summed E-state index contributed by atoms with van der Waals surface area (Å²) in [6.45, 7) is 0.732. The van der Waals surface area contributed by atoms with Gasteiger partial charge in [0.05, 0.1) is 0 Å². The van der Waals surface area contributed by atoms with Crippen LogP contribution < -0.4 is 11.1 Å². The van der Waals surface area contributed by atoms with E-state index in [2.05, 4.69) is 10.3 Å². The second-order valence-corrected chi connectivity index (χ2v) is 5.81. The van der Waals surface area contributed by atoms with Crippen LogP contribution in [0.4, 0.5) is 5.69 Å². The first-order valence-corrected chi connectivity index (χ1v) is 8.17. The van der Waals surface area contributed by atoms with Crippen molar-refractivity contribution in [2.75, 3.05) is 11.9 Å². The fourth-order valence-electron chi connectivity index (χ4n) is 2.10. The lowest BCUT2D eigenvalue weighted by atomic mass is 10.1. The first-order valence-electron chi connectivity index (χ1n) is 7.29. The number of thiazole rings is 1. The molecule has 0 saturated heterocycles. The van der Waals surface area contributed by atoms with Crippen molar-refractivity contribution in [2.45, 2.75) is 32.1 Å². The van der Waals surface area contributed by atoms with Crippen LogP contribution in [0.5, 0.6) is 0 Å². The van der Waals surface area contributed by atoms with Crippen molar-refractivity contribution in [3.8, 4) is 10.6 Å². The van der Waals surface area contributed by atoms with E-state index in [1.807, 2.05) is 29.6 Å². The number of nitrogens with two attached hydrogens (primary N) is 1. The number of hydrogen-bond acceptors (Lipinski definition) is 4. The summed E-state index contributed by atoms with van der Waals surface area (Å²) in [5.74, 6) is 0.0686. The van der Waals surface area contributed by atoms with Crippen LogP contribution in [0.25, 0.3) is 10.6 Å². The number of anilines is 1.